The zero-order valence-corrected chi connectivity index (χ0v) is 11.1. The second-order valence-electron chi connectivity index (χ2n) is 5.41. The maximum absolute atomic E-state index is 11.7. The summed E-state index contributed by atoms with van der Waals surface area (Å²) in [5, 5.41) is 11.7. The Morgan fingerprint density at radius 1 is 1.44 bits per heavy atom. The van der Waals surface area contributed by atoms with Gasteiger partial charge in [-0.1, -0.05) is 19.8 Å². The van der Waals surface area contributed by atoms with E-state index in [9.17, 15) is 9.59 Å². The smallest absolute Gasteiger partial charge is 0.303 e. The number of carbonyl (C=O) groups excluding carboxylic acids is 1. The molecule has 18 heavy (non-hydrogen) atoms. The Morgan fingerprint density at radius 3 is 2.50 bits per heavy atom. The third-order valence-corrected chi connectivity index (χ3v) is 3.99. The fourth-order valence-electron chi connectivity index (χ4n) is 2.43. The topological polar surface area (TPSA) is 92.4 Å². The summed E-state index contributed by atoms with van der Waals surface area (Å²) in [7, 11) is 0. The Balaban J connectivity index is 2.34. The molecule has 1 rings (SSSR count). The zero-order valence-electron chi connectivity index (χ0n) is 11.1. The van der Waals surface area contributed by atoms with Crippen LogP contribution in [0.3, 0.4) is 0 Å². The molecule has 0 spiro atoms. The van der Waals surface area contributed by atoms with Crippen LogP contribution in [0.25, 0.3) is 0 Å². The molecular weight excluding hydrogens is 232 g/mol. The fourth-order valence-corrected chi connectivity index (χ4v) is 2.43. The van der Waals surface area contributed by atoms with Gasteiger partial charge in [-0.2, -0.15) is 0 Å². The highest BCUT2D eigenvalue weighted by Gasteiger charge is 2.39. The molecule has 0 aromatic rings. The molecule has 1 unspecified atom stereocenters. The van der Waals surface area contributed by atoms with Gasteiger partial charge in [-0.25, -0.2) is 0 Å². The number of rotatable bonds is 8. The fraction of sp³-hybridized carbons (Fsp3) is 0.846. The number of carbonyl (C=O) groups is 2. The van der Waals surface area contributed by atoms with Crippen LogP contribution in [0, 0.1) is 11.3 Å². The molecule has 0 heterocycles. The van der Waals surface area contributed by atoms with Gasteiger partial charge in [0.2, 0.25) is 5.91 Å². The number of carboxylic acid groups (broad SMARTS) is 1. The molecule has 0 saturated heterocycles. The number of hydrogen-bond donors (Lipinski definition) is 3. The van der Waals surface area contributed by atoms with Crippen molar-refractivity contribution in [2.24, 2.45) is 17.1 Å². The van der Waals surface area contributed by atoms with E-state index >= 15 is 0 Å². The van der Waals surface area contributed by atoms with Crippen LogP contribution in [-0.4, -0.2) is 30.1 Å². The summed E-state index contributed by atoms with van der Waals surface area (Å²) in [5.41, 5.74) is 5.36. The van der Waals surface area contributed by atoms with Crippen LogP contribution in [0.5, 0.6) is 0 Å². The highest BCUT2D eigenvalue weighted by atomic mass is 16.4. The number of nitrogens with two attached hydrogens (primary N) is 1. The summed E-state index contributed by atoms with van der Waals surface area (Å²) >= 11 is 0. The predicted octanol–water partition coefficient (Wildman–Crippen LogP) is 1.12. The summed E-state index contributed by atoms with van der Waals surface area (Å²) in [6.07, 6.45) is 4.34. The van der Waals surface area contributed by atoms with E-state index in [2.05, 4.69) is 5.32 Å². The molecule has 1 aliphatic rings. The van der Waals surface area contributed by atoms with Crippen LogP contribution < -0.4 is 11.1 Å². The lowest BCUT2D eigenvalue weighted by atomic mass is 9.66. The first-order valence-electron chi connectivity index (χ1n) is 6.70. The summed E-state index contributed by atoms with van der Waals surface area (Å²) in [6.45, 7) is 3.02. The van der Waals surface area contributed by atoms with Crippen LogP contribution in [0.4, 0.5) is 0 Å². The molecule has 1 fully saturated rings. The Morgan fingerprint density at radius 2 is 2.11 bits per heavy atom. The summed E-state index contributed by atoms with van der Waals surface area (Å²) < 4.78 is 0. The van der Waals surface area contributed by atoms with Crippen LogP contribution in [0.2, 0.25) is 0 Å². The number of amides is 1. The molecule has 4 N–H and O–H groups in total. The van der Waals surface area contributed by atoms with Crippen molar-refractivity contribution in [3.05, 3.63) is 0 Å². The maximum Gasteiger partial charge on any atom is 0.303 e. The zero-order chi connectivity index (χ0) is 13.6. The molecule has 0 radical (unpaired) electrons. The monoisotopic (exact) mass is 256 g/mol. The van der Waals surface area contributed by atoms with E-state index in [1.165, 1.54) is 0 Å². The normalized spacial score (nSPS) is 18.8. The highest BCUT2D eigenvalue weighted by molar-refractivity contribution is 5.76. The van der Waals surface area contributed by atoms with Gasteiger partial charge in [0.25, 0.3) is 0 Å². The molecule has 0 bridgehead atoms. The van der Waals surface area contributed by atoms with Crippen LogP contribution >= 0.6 is 0 Å². The molecule has 0 aromatic heterocycles. The van der Waals surface area contributed by atoms with Gasteiger partial charge >= 0.3 is 5.97 Å². The van der Waals surface area contributed by atoms with Gasteiger partial charge in [-0.3, -0.25) is 9.59 Å². The van der Waals surface area contributed by atoms with Gasteiger partial charge in [-0.15, -0.1) is 0 Å². The van der Waals surface area contributed by atoms with E-state index in [-0.39, 0.29) is 23.7 Å². The van der Waals surface area contributed by atoms with E-state index in [0.717, 1.165) is 25.7 Å². The second-order valence-corrected chi connectivity index (χ2v) is 5.41. The van der Waals surface area contributed by atoms with Crippen molar-refractivity contribution in [2.75, 3.05) is 13.1 Å². The molecule has 104 valence electrons. The summed E-state index contributed by atoms with van der Waals surface area (Å²) in [6, 6.07) is 0. The van der Waals surface area contributed by atoms with Crippen molar-refractivity contribution in [2.45, 2.75) is 45.4 Å². The average molecular weight is 256 g/mol. The van der Waals surface area contributed by atoms with E-state index < -0.39 is 5.97 Å². The Kier molecular flexibility index (Phi) is 5.59. The summed E-state index contributed by atoms with van der Waals surface area (Å²) in [4.78, 5) is 22.5. The standard InChI is InChI=1S/C13H24N2O3/c1-2-10(8-14)6-11(16)15-9-13(4-3-5-13)7-12(17)18/h10H,2-9,14H2,1H3,(H,15,16)(H,17,18). The maximum atomic E-state index is 11.7. The van der Waals surface area contributed by atoms with E-state index in [1.807, 2.05) is 6.92 Å². The number of carboxylic acids is 1. The lowest BCUT2D eigenvalue weighted by molar-refractivity contribution is -0.142. The number of hydrogen-bond acceptors (Lipinski definition) is 3. The molecule has 1 amide bonds. The summed E-state index contributed by atoms with van der Waals surface area (Å²) in [5.74, 6) is -0.567. The molecule has 1 aliphatic carbocycles. The minimum absolute atomic E-state index is 0.0102. The van der Waals surface area contributed by atoms with Crippen LogP contribution in [-0.2, 0) is 9.59 Å². The quantitative estimate of drug-likeness (QED) is 0.607. The molecule has 1 atom stereocenters. The van der Waals surface area contributed by atoms with Gasteiger partial charge in [-0.05, 0) is 30.7 Å². The van der Waals surface area contributed by atoms with Crippen molar-refractivity contribution < 1.29 is 14.7 Å². The van der Waals surface area contributed by atoms with E-state index in [0.29, 0.717) is 19.5 Å². The number of nitrogens with one attached hydrogen (secondary N) is 1. The van der Waals surface area contributed by atoms with Crippen molar-refractivity contribution in [3.63, 3.8) is 0 Å². The molecule has 1 saturated carbocycles. The van der Waals surface area contributed by atoms with Gasteiger partial charge in [0, 0.05) is 13.0 Å². The van der Waals surface area contributed by atoms with E-state index in [1.54, 1.807) is 0 Å². The van der Waals surface area contributed by atoms with Crippen molar-refractivity contribution >= 4 is 11.9 Å². The SMILES string of the molecule is CCC(CN)CC(=O)NCC1(CC(=O)O)CCC1. The van der Waals surface area contributed by atoms with Crippen molar-refractivity contribution in [1.29, 1.82) is 0 Å². The van der Waals surface area contributed by atoms with Gasteiger partial charge < -0.3 is 16.2 Å². The third-order valence-electron chi connectivity index (χ3n) is 3.99. The van der Waals surface area contributed by atoms with Gasteiger partial charge in [0.1, 0.15) is 0 Å². The first-order valence-corrected chi connectivity index (χ1v) is 6.70. The molecule has 0 aromatic carbocycles. The molecule has 5 heteroatoms. The second kappa shape index (κ2) is 6.73. The van der Waals surface area contributed by atoms with Crippen molar-refractivity contribution in [1.82, 2.24) is 5.32 Å². The third kappa shape index (κ3) is 4.29. The molecular formula is C13H24N2O3. The Hall–Kier alpha value is -1.10. The lowest BCUT2D eigenvalue weighted by Crippen LogP contribution is -2.44. The van der Waals surface area contributed by atoms with Gasteiger partial charge in [0.05, 0.1) is 6.42 Å². The Labute approximate surface area is 108 Å². The Bertz CT molecular complexity index is 297. The van der Waals surface area contributed by atoms with Crippen LogP contribution in [0.1, 0.15) is 45.4 Å². The predicted molar refractivity (Wildman–Crippen MR) is 69.0 cm³/mol. The van der Waals surface area contributed by atoms with E-state index in [4.69, 9.17) is 10.8 Å². The number of aliphatic carboxylic acids is 1. The first kappa shape index (κ1) is 15.0. The lowest BCUT2D eigenvalue weighted by Gasteiger charge is -2.40. The van der Waals surface area contributed by atoms with Gasteiger partial charge in [0.15, 0.2) is 0 Å². The minimum atomic E-state index is -0.780. The largest absolute Gasteiger partial charge is 0.481 e. The first-order chi connectivity index (χ1) is 8.51. The average Bonchev–Trinajstić information content (AvgIpc) is 2.28. The minimum Gasteiger partial charge on any atom is -0.481 e. The van der Waals surface area contributed by atoms with Crippen molar-refractivity contribution in [3.8, 4) is 0 Å². The molecule has 0 aliphatic heterocycles. The molecule has 5 nitrogen and oxygen atoms in total. The highest BCUT2D eigenvalue weighted by Crippen LogP contribution is 2.43. The van der Waals surface area contributed by atoms with Crippen LogP contribution in [0.15, 0.2) is 0 Å².